The number of anilines is 1. The third-order valence-corrected chi connectivity index (χ3v) is 3.59. The molecule has 0 radical (unpaired) electrons. The summed E-state index contributed by atoms with van der Waals surface area (Å²) in [6, 6.07) is 3.20. The Kier molecular flexibility index (Phi) is 5.94. The summed E-state index contributed by atoms with van der Waals surface area (Å²) in [5, 5.41) is 2.53. The zero-order chi connectivity index (χ0) is 18.6. The van der Waals surface area contributed by atoms with Gasteiger partial charge >= 0.3 is 6.09 Å². The Hall–Kier alpha value is -2.22. The number of hydrogen-bond acceptors (Lipinski definition) is 4. The molecule has 1 aliphatic heterocycles. The van der Waals surface area contributed by atoms with Crippen LogP contribution in [0.1, 0.15) is 20.8 Å². The number of benzene rings is 1. The Morgan fingerprint density at radius 2 is 1.76 bits per heavy atom. The maximum atomic E-state index is 13.1. The van der Waals surface area contributed by atoms with Gasteiger partial charge in [0.25, 0.3) is 0 Å². The molecule has 8 heteroatoms. The van der Waals surface area contributed by atoms with E-state index in [0.29, 0.717) is 26.2 Å². The minimum Gasteiger partial charge on any atom is -0.444 e. The van der Waals surface area contributed by atoms with Gasteiger partial charge in [0.2, 0.25) is 5.91 Å². The van der Waals surface area contributed by atoms with Crippen LogP contribution < -0.4 is 5.32 Å². The SMILES string of the molecule is CC(C)(C)OC(=O)N1CCN(CC(=O)Nc2ccc(F)c(F)c2)CC1. The van der Waals surface area contributed by atoms with Gasteiger partial charge in [0, 0.05) is 37.9 Å². The van der Waals surface area contributed by atoms with Crippen molar-refractivity contribution in [2.24, 2.45) is 0 Å². The first-order valence-electron chi connectivity index (χ1n) is 8.09. The van der Waals surface area contributed by atoms with Crippen LogP contribution in [0.2, 0.25) is 0 Å². The van der Waals surface area contributed by atoms with Gasteiger partial charge in [-0.2, -0.15) is 0 Å². The molecule has 6 nitrogen and oxygen atoms in total. The largest absolute Gasteiger partial charge is 0.444 e. The minimum atomic E-state index is -1.01. The molecule has 1 aromatic carbocycles. The maximum absolute atomic E-state index is 13.1. The number of nitrogens with one attached hydrogen (secondary N) is 1. The molecule has 25 heavy (non-hydrogen) atoms. The molecule has 1 saturated heterocycles. The number of carbonyl (C=O) groups is 2. The summed E-state index contributed by atoms with van der Waals surface area (Å²) in [5.41, 5.74) is -0.338. The molecular formula is C17H23F2N3O3. The Balaban J connectivity index is 1.78. The van der Waals surface area contributed by atoms with E-state index in [9.17, 15) is 18.4 Å². The number of nitrogens with zero attached hydrogens (tertiary/aromatic N) is 2. The molecule has 1 fully saturated rings. The van der Waals surface area contributed by atoms with Crippen LogP contribution in [-0.4, -0.2) is 60.1 Å². The van der Waals surface area contributed by atoms with Crippen LogP contribution in [0, 0.1) is 11.6 Å². The first-order valence-corrected chi connectivity index (χ1v) is 8.09. The third kappa shape index (κ3) is 5.97. The van der Waals surface area contributed by atoms with Gasteiger partial charge in [0.1, 0.15) is 5.60 Å². The first kappa shape index (κ1) is 19.1. The fraction of sp³-hybridized carbons (Fsp3) is 0.529. The zero-order valence-electron chi connectivity index (χ0n) is 14.6. The number of amides is 2. The van der Waals surface area contributed by atoms with Gasteiger partial charge < -0.3 is 15.0 Å². The first-order chi connectivity index (χ1) is 11.6. The molecule has 0 aromatic heterocycles. The Morgan fingerprint density at radius 1 is 1.12 bits per heavy atom. The Labute approximate surface area is 145 Å². The monoisotopic (exact) mass is 355 g/mol. The summed E-state index contributed by atoms with van der Waals surface area (Å²) in [4.78, 5) is 27.5. The number of rotatable bonds is 3. The van der Waals surface area contributed by atoms with E-state index in [-0.39, 0.29) is 24.2 Å². The summed E-state index contributed by atoms with van der Waals surface area (Å²) >= 11 is 0. The highest BCUT2D eigenvalue weighted by molar-refractivity contribution is 5.92. The molecule has 1 aromatic rings. The molecule has 1 N–H and O–H groups in total. The van der Waals surface area contributed by atoms with Gasteiger partial charge in [-0.1, -0.05) is 0 Å². The van der Waals surface area contributed by atoms with Crippen LogP contribution >= 0.6 is 0 Å². The normalized spacial score (nSPS) is 15.8. The predicted octanol–water partition coefficient (Wildman–Crippen LogP) is 2.46. The molecule has 2 amide bonds. The molecule has 138 valence electrons. The molecule has 0 spiro atoms. The molecule has 2 rings (SSSR count). The zero-order valence-corrected chi connectivity index (χ0v) is 14.6. The second-order valence-corrected chi connectivity index (χ2v) is 6.92. The van der Waals surface area contributed by atoms with Crippen molar-refractivity contribution >= 4 is 17.7 Å². The molecule has 0 unspecified atom stereocenters. The lowest BCUT2D eigenvalue weighted by Gasteiger charge is -2.35. The maximum Gasteiger partial charge on any atom is 0.410 e. The summed E-state index contributed by atoms with van der Waals surface area (Å²) in [6.07, 6.45) is -0.363. The van der Waals surface area contributed by atoms with E-state index in [1.54, 1.807) is 4.90 Å². The quantitative estimate of drug-likeness (QED) is 0.905. The molecular weight excluding hydrogens is 332 g/mol. The van der Waals surface area contributed by atoms with Crippen LogP contribution in [-0.2, 0) is 9.53 Å². The molecule has 0 bridgehead atoms. The fourth-order valence-electron chi connectivity index (χ4n) is 2.39. The molecule has 1 aliphatic rings. The van der Waals surface area contributed by atoms with Crippen molar-refractivity contribution in [3.8, 4) is 0 Å². The number of ether oxygens (including phenoxy) is 1. The van der Waals surface area contributed by atoms with Crippen molar-refractivity contribution in [3.63, 3.8) is 0 Å². The highest BCUT2D eigenvalue weighted by Crippen LogP contribution is 2.14. The van der Waals surface area contributed by atoms with E-state index in [4.69, 9.17) is 4.74 Å². The van der Waals surface area contributed by atoms with Gasteiger partial charge in [-0.3, -0.25) is 9.69 Å². The predicted molar refractivity (Wildman–Crippen MR) is 89.2 cm³/mol. The lowest BCUT2D eigenvalue weighted by Crippen LogP contribution is -2.51. The Bertz CT molecular complexity index is 639. The smallest absolute Gasteiger partial charge is 0.410 e. The van der Waals surface area contributed by atoms with Crippen LogP contribution in [0.25, 0.3) is 0 Å². The lowest BCUT2D eigenvalue weighted by atomic mass is 10.2. The lowest BCUT2D eigenvalue weighted by molar-refractivity contribution is -0.117. The van der Waals surface area contributed by atoms with E-state index in [2.05, 4.69) is 5.32 Å². The average molecular weight is 355 g/mol. The average Bonchev–Trinajstić information content (AvgIpc) is 2.50. The Morgan fingerprint density at radius 3 is 2.32 bits per heavy atom. The third-order valence-electron chi connectivity index (χ3n) is 3.59. The summed E-state index contributed by atoms with van der Waals surface area (Å²) in [7, 11) is 0. The second kappa shape index (κ2) is 7.77. The molecule has 0 saturated carbocycles. The standard InChI is InChI=1S/C17H23F2N3O3/c1-17(2,3)25-16(24)22-8-6-21(7-9-22)11-15(23)20-12-4-5-13(18)14(19)10-12/h4-5,10H,6-9,11H2,1-3H3,(H,20,23). The van der Waals surface area contributed by atoms with Crippen molar-refractivity contribution < 1.29 is 23.1 Å². The molecule has 1 heterocycles. The summed E-state index contributed by atoms with van der Waals surface area (Å²) in [6.45, 7) is 7.54. The van der Waals surface area contributed by atoms with Crippen LogP contribution in [0.5, 0.6) is 0 Å². The van der Waals surface area contributed by atoms with Gasteiger partial charge in [-0.15, -0.1) is 0 Å². The van der Waals surface area contributed by atoms with Crippen molar-refractivity contribution in [3.05, 3.63) is 29.8 Å². The topological polar surface area (TPSA) is 61.9 Å². The number of hydrogen-bond donors (Lipinski definition) is 1. The van der Waals surface area contributed by atoms with Crippen molar-refractivity contribution in [1.82, 2.24) is 9.80 Å². The van der Waals surface area contributed by atoms with Gasteiger partial charge in [-0.05, 0) is 32.9 Å². The van der Waals surface area contributed by atoms with Gasteiger partial charge in [0.05, 0.1) is 6.54 Å². The van der Waals surface area contributed by atoms with Crippen LogP contribution in [0.15, 0.2) is 18.2 Å². The van der Waals surface area contributed by atoms with Crippen LogP contribution in [0.4, 0.5) is 19.3 Å². The summed E-state index contributed by atoms with van der Waals surface area (Å²) in [5.74, 6) is -2.29. The van der Waals surface area contributed by atoms with Crippen molar-refractivity contribution in [2.75, 3.05) is 38.0 Å². The van der Waals surface area contributed by atoms with E-state index in [1.165, 1.54) is 6.07 Å². The van der Waals surface area contributed by atoms with Crippen LogP contribution in [0.3, 0.4) is 0 Å². The number of piperazine rings is 1. The molecule has 0 atom stereocenters. The van der Waals surface area contributed by atoms with Gasteiger partial charge in [-0.25, -0.2) is 13.6 Å². The highest BCUT2D eigenvalue weighted by Gasteiger charge is 2.26. The van der Waals surface area contributed by atoms with E-state index < -0.39 is 17.2 Å². The highest BCUT2D eigenvalue weighted by atomic mass is 19.2. The van der Waals surface area contributed by atoms with E-state index >= 15 is 0 Å². The fourth-order valence-corrected chi connectivity index (χ4v) is 2.39. The number of halogens is 2. The van der Waals surface area contributed by atoms with Gasteiger partial charge in [0.15, 0.2) is 11.6 Å². The van der Waals surface area contributed by atoms with Crippen molar-refractivity contribution in [1.29, 1.82) is 0 Å². The second-order valence-electron chi connectivity index (χ2n) is 6.92. The minimum absolute atomic E-state index is 0.112. The van der Waals surface area contributed by atoms with E-state index in [1.807, 2.05) is 25.7 Å². The number of carbonyl (C=O) groups excluding carboxylic acids is 2. The van der Waals surface area contributed by atoms with Crippen molar-refractivity contribution in [2.45, 2.75) is 26.4 Å². The molecule has 0 aliphatic carbocycles. The summed E-state index contributed by atoms with van der Waals surface area (Å²) < 4.78 is 31.3. The van der Waals surface area contributed by atoms with E-state index in [0.717, 1.165) is 12.1 Å².